The van der Waals surface area contributed by atoms with Crippen LogP contribution < -0.4 is 5.32 Å². The number of hydrogen-bond acceptors (Lipinski definition) is 3. The first-order valence-electron chi connectivity index (χ1n) is 6.30. The molecule has 0 atom stereocenters. The number of rotatable bonds is 5. The Morgan fingerprint density at radius 1 is 1.29 bits per heavy atom. The lowest BCUT2D eigenvalue weighted by atomic mass is 10.2. The Hall–Kier alpha value is -1.23. The van der Waals surface area contributed by atoms with E-state index in [2.05, 4.69) is 10.3 Å². The van der Waals surface area contributed by atoms with Crippen LogP contribution in [0.15, 0.2) is 36.4 Å². The zero-order chi connectivity index (χ0) is 15.2. The molecule has 1 aromatic carbocycles. The largest absolute Gasteiger partial charge is 0.310 e. The maximum Gasteiger partial charge on any atom is 0.235 e. The summed E-state index contributed by atoms with van der Waals surface area (Å²) in [6.45, 7) is 1.88. The molecule has 1 N–H and O–H groups in total. The van der Waals surface area contributed by atoms with Crippen molar-refractivity contribution in [2.75, 3.05) is 11.1 Å². The van der Waals surface area contributed by atoms with Crippen LogP contribution in [0.3, 0.4) is 0 Å². The lowest BCUT2D eigenvalue weighted by Gasteiger charge is -2.06. The summed E-state index contributed by atoms with van der Waals surface area (Å²) in [6.07, 6.45) is 0. The van der Waals surface area contributed by atoms with E-state index in [1.54, 1.807) is 18.2 Å². The molecule has 1 aromatic heterocycles. The number of nitrogens with one attached hydrogen (secondary N) is 1. The minimum atomic E-state index is -0.0804. The summed E-state index contributed by atoms with van der Waals surface area (Å²) < 4.78 is 0. The molecule has 0 saturated heterocycles. The van der Waals surface area contributed by atoms with E-state index in [-0.39, 0.29) is 5.91 Å². The lowest BCUT2D eigenvalue weighted by Crippen LogP contribution is -2.15. The zero-order valence-corrected chi connectivity index (χ0v) is 13.7. The molecule has 1 heterocycles. The molecule has 0 bridgehead atoms. The second-order valence-corrected chi connectivity index (χ2v) is 6.27. The fourth-order valence-electron chi connectivity index (χ4n) is 1.68. The Labute approximate surface area is 138 Å². The van der Waals surface area contributed by atoms with E-state index in [1.165, 1.54) is 11.8 Å². The molecule has 21 heavy (non-hydrogen) atoms. The van der Waals surface area contributed by atoms with Gasteiger partial charge in [-0.2, -0.15) is 0 Å². The van der Waals surface area contributed by atoms with Crippen molar-refractivity contribution in [3.8, 4) is 0 Å². The standard InChI is InChI=1S/C15H14Cl2N2OS/c1-10-3-2-4-14(18-10)19-15(20)9-21-8-11-5-6-12(16)7-13(11)17/h2-7H,8-9H2,1H3,(H,18,19,20). The lowest BCUT2D eigenvalue weighted by molar-refractivity contribution is -0.113. The first kappa shape index (κ1) is 16.1. The third kappa shape index (κ3) is 5.23. The van der Waals surface area contributed by atoms with E-state index in [1.807, 2.05) is 25.1 Å². The van der Waals surface area contributed by atoms with Gasteiger partial charge >= 0.3 is 0 Å². The maximum atomic E-state index is 11.8. The fourth-order valence-corrected chi connectivity index (χ4v) is 3.07. The van der Waals surface area contributed by atoms with E-state index in [0.29, 0.717) is 27.4 Å². The second kappa shape index (κ2) is 7.69. The SMILES string of the molecule is Cc1cccc(NC(=O)CSCc2ccc(Cl)cc2Cl)n1. The van der Waals surface area contributed by atoms with Gasteiger partial charge < -0.3 is 5.32 Å². The molecule has 110 valence electrons. The van der Waals surface area contributed by atoms with Gasteiger partial charge in [-0.05, 0) is 36.8 Å². The van der Waals surface area contributed by atoms with Crippen LogP contribution in [0.2, 0.25) is 10.0 Å². The Morgan fingerprint density at radius 2 is 2.10 bits per heavy atom. The molecule has 0 aliphatic heterocycles. The topological polar surface area (TPSA) is 42.0 Å². The average Bonchev–Trinajstić information content (AvgIpc) is 2.41. The number of aryl methyl sites for hydroxylation is 1. The van der Waals surface area contributed by atoms with Crippen LogP contribution in [0.1, 0.15) is 11.3 Å². The molecule has 0 fully saturated rings. The Morgan fingerprint density at radius 3 is 2.81 bits per heavy atom. The number of thioether (sulfide) groups is 1. The summed E-state index contributed by atoms with van der Waals surface area (Å²) in [6, 6.07) is 10.9. The summed E-state index contributed by atoms with van der Waals surface area (Å²) in [7, 11) is 0. The molecule has 0 aliphatic carbocycles. The molecule has 2 rings (SSSR count). The van der Waals surface area contributed by atoms with Crippen LogP contribution in [-0.2, 0) is 10.5 Å². The molecule has 1 amide bonds. The van der Waals surface area contributed by atoms with E-state index in [9.17, 15) is 4.79 Å². The van der Waals surface area contributed by atoms with E-state index in [4.69, 9.17) is 23.2 Å². The van der Waals surface area contributed by atoms with Crippen LogP contribution in [-0.4, -0.2) is 16.6 Å². The van der Waals surface area contributed by atoms with Crippen molar-refractivity contribution < 1.29 is 4.79 Å². The number of benzene rings is 1. The number of pyridine rings is 1. The van der Waals surface area contributed by atoms with Gasteiger partial charge in [0.05, 0.1) is 5.75 Å². The highest BCUT2D eigenvalue weighted by Crippen LogP contribution is 2.24. The number of carbonyl (C=O) groups is 1. The van der Waals surface area contributed by atoms with Crippen LogP contribution in [0.5, 0.6) is 0 Å². The van der Waals surface area contributed by atoms with Crippen molar-refractivity contribution in [3.63, 3.8) is 0 Å². The highest BCUT2D eigenvalue weighted by molar-refractivity contribution is 7.99. The number of carbonyl (C=O) groups excluding carboxylic acids is 1. The van der Waals surface area contributed by atoms with Crippen LogP contribution >= 0.6 is 35.0 Å². The molecule has 2 aromatic rings. The summed E-state index contributed by atoms with van der Waals surface area (Å²) in [5, 5.41) is 4.00. The number of nitrogens with zero attached hydrogens (tertiary/aromatic N) is 1. The highest BCUT2D eigenvalue weighted by Gasteiger charge is 2.06. The number of anilines is 1. The fraction of sp³-hybridized carbons (Fsp3) is 0.200. The van der Waals surface area contributed by atoms with Crippen molar-refractivity contribution in [3.05, 3.63) is 57.7 Å². The third-order valence-corrected chi connectivity index (χ3v) is 4.23. The molecule has 0 unspecified atom stereocenters. The second-order valence-electron chi connectivity index (χ2n) is 4.44. The van der Waals surface area contributed by atoms with Gasteiger partial charge in [-0.1, -0.05) is 35.3 Å². The Balaban J connectivity index is 1.81. The van der Waals surface area contributed by atoms with Gasteiger partial charge in [0.1, 0.15) is 5.82 Å². The predicted octanol–water partition coefficient (Wildman–Crippen LogP) is 4.57. The van der Waals surface area contributed by atoms with E-state index < -0.39 is 0 Å². The zero-order valence-electron chi connectivity index (χ0n) is 11.4. The first-order chi connectivity index (χ1) is 10.0. The van der Waals surface area contributed by atoms with Gasteiger partial charge in [0.2, 0.25) is 5.91 Å². The molecular formula is C15H14Cl2N2OS. The van der Waals surface area contributed by atoms with Gasteiger partial charge in [0, 0.05) is 21.5 Å². The number of aromatic nitrogens is 1. The molecular weight excluding hydrogens is 327 g/mol. The predicted molar refractivity (Wildman–Crippen MR) is 90.2 cm³/mol. The maximum absolute atomic E-state index is 11.8. The smallest absolute Gasteiger partial charge is 0.235 e. The first-order valence-corrected chi connectivity index (χ1v) is 8.21. The number of halogens is 2. The van der Waals surface area contributed by atoms with Crippen molar-refractivity contribution in [2.24, 2.45) is 0 Å². The van der Waals surface area contributed by atoms with Crippen molar-refractivity contribution in [1.82, 2.24) is 4.98 Å². The van der Waals surface area contributed by atoms with Crippen molar-refractivity contribution in [1.29, 1.82) is 0 Å². The average molecular weight is 341 g/mol. The van der Waals surface area contributed by atoms with Crippen LogP contribution in [0.25, 0.3) is 0 Å². The van der Waals surface area contributed by atoms with Gasteiger partial charge in [0.15, 0.2) is 0 Å². The van der Waals surface area contributed by atoms with Gasteiger partial charge in [-0.15, -0.1) is 11.8 Å². The summed E-state index contributed by atoms with van der Waals surface area (Å²) in [5.41, 5.74) is 1.83. The minimum absolute atomic E-state index is 0.0804. The third-order valence-electron chi connectivity index (χ3n) is 2.66. The summed E-state index contributed by atoms with van der Waals surface area (Å²) in [4.78, 5) is 16.1. The quantitative estimate of drug-likeness (QED) is 0.866. The Bertz CT molecular complexity index is 649. The monoisotopic (exact) mass is 340 g/mol. The molecule has 6 heteroatoms. The Kier molecular flexibility index (Phi) is 5.91. The van der Waals surface area contributed by atoms with Gasteiger partial charge in [-0.3, -0.25) is 4.79 Å². The molecule has 0 radical (unpaired) electrons. The number of amides is 1. The highest BCUT2D eigenvalue weighted by atomic mass is 35.5. The van der Waals surface area contributed by atoms with Crippen LogP contribution in [0.4, 0.5) is 5.82 Å². The minimum Gasteiger partial charge on any atom is -0.310 e. The summed E-state index contributed by atoms with van der Waals surface area (Å²) >= 11 is 13.4. The van der Waals surface area contributed by atoms with Crippen LogP contribution in [0, 0.1) is 6.92 Å². The van der Waals surface area contributed by atoms with E-state index in [0.717, 1.165) is 11.3 Å². The van der Waals surface area contributed by atoms with Gasteiger partial charge in [0.25, 0.3) is 0 Å². The van der Waals surface area contributed by atoms with Crippen molar-refractivity contribution >= 4 is 46.7 Å². The summed E-state index contributed by atoms with van der Waals surface area (Å²) in [5.74, 6) is 1.49. The normalized spacial score (nSPS) is 10.4. The van der Waals surface area contributed by atoms with Gasteiger partial charge in [-0.25, -0.2) is 4.98 Å². The molecule has 0 spiro atoms. The molecule has 3 nitrogen and oxygen atoms in total. The molecule has 0 aliphatic rings. The van der Waals surface area contributed by atoms with E-state index >= 15 is 0 Å². The van der Waals surface area contributed by atoms with Crippen molar-refractivity contribution in [2.45, 2.75) is 12.7 Å². The molecule has 0 saturated carbocycles. The number of hydrogen-bond donors (Lipinski definition) is 1.